The molecule has 12 nitrogen and oxygen atoms in total. The van der Waals surface area contributed by atoms with Crippen LogP contribution in [0.4, 0.5) is 21.2 Å². The molecule has 2 atom stereocenters. The Balaban J connectivity index is 1.06. The topological polar surface area (TPSA) is 122 Å². The van der Waals surface area contributed by atoms with Crippen molar-refractivity contribution in [3.8, 4) is 0 Å². The first kappa shape index (κ1) is 32.8. The first-order valence-corrected chi connectivity index (χ1v) is 18.0. The van der Waals surface area contributed by atoms with Gasteiger partial charge in [-0.3, -0.25) is 14.8 Å². The van der Waals surface area contributed by atoms with Crippen LogP contribution in [0, 0.1) is 0 Å². The number of amides is 4. The van der Waals surface area contributed by atoms with Crippen LogP contribution in [-0.2, 0) is 32.3 Å². The lowest BCUT2D eigenvalue weighted by Gasteiger charge is -2.37. The number of ether oxygens (including phenoxy) is 2. The Bertz CT molecular complexity index is 2020. The van der Waals surface area contributed by atoms with Crippen LogP contribution in [0.2, 0.25) is 0 Å². The van der Waals surface area contributed by atoms with Crippen molar-refractivity contribution in [1.29, 1.82) is 0 Å². The molecule has 0 unspecified atom stereocenters. The molecule has 6 aliphatic rings. The third kappa shape index (κ3) is 4.93. The minimum Gasteiger partial charge on any atom is -0.445 e. The second-order valence-electron chi connectivity index (χ2n) is 13.9. The molecular weight excluding hydrogens is 672 g/mol. The van der Waals surface area contributed by atoms with E-state index in [1.54, 1.807) is 0 Å². The number of likely N-dealkylation sites (tertiary alicyclic amines) is 2. The largest absolute Gasteiger partial charge is 0.445 e. The summed E-state index contributed by atoms with van der Waals surface area (Å²) in [4.78, 5) is 68.8. The van der Waals surface area contributed by atoms with Gasteiger partial charge in [-0.15, -0.1) is 8.97 Å². The van der Waals surface area contributed by atoms with Crippen molar-refractivity contribution >= 4 is 35.6 Å². The summed E-state index contributed by atoms with van der Waals surface area (Å²) in [7, 11) is 0. The van der Waals surface area contributed by atoms with E-state index in [4.69, 9.17) is 14.5 Å². The minimum absolute atomic E-state index is 0.0930. The lowest BCUT2D eigenvalue weighted by Crippen LogP contribution is -2.60. The van der Waals surface area contributed by atoms with Crippen LogP contribution < -0.4 is 8.97 Å². The van der Waals surface area contributed by atoms with Gasteiger partial charge < -0.3 is 9.47 Å². The number of nitrogens with zero attached hydrogens (tertiary/aromatic N) is 5. The van der Waals surface area contributed by atoms with Gasteiger partial charge in [0.2, 0.25) is 0 Å². The average Bonchev–Trinajstić information content (AvgIpc) is 4.07. The number of hydrogen-bond acceptors (Lipinski definition) is 7. The molecule has 6 aliphatic heterocycles. The van der Waals surface area contributed by atoms with Crippen LogP contribution in [0.3, 0.4) is 0 Å². The maximum Gasteiger partial charge on any atom is 0.410 e. The number of carbonyl (C=O) groups is 4. The highest BCUT2D eigenvalue weighted by atomic mass is 16.6. The number of aromatic nitrogens is 2. The number of quaternary nitrogens is 2. The summed E-state index contributed by atoms with van der Waals surface area (Å²) in [5, 5.41) is 0. The van der Waals surface area contributed by atoms with E-state index in [9.17, 15) is 9.59 Å². The molecule has 9 rings (SSSR count). The molecule has 0 aliphatic carbocycles. The van der Waals surface area contributed by atoms with E-state index in [1.165, 1.54) is 16.1 Å². The van der Waals surface area contributed by atoms with Gasteiger partial charge in [-0.2, -0.15) is 4.98 Å². The summed E-state index contributed by atoms with van der Waals surface area (Å²) in [5.74, 6) is 0.246. The molecule has 2 saturated heterocycles. The number of benzene rings is 2. The highest BCUT2D eigenvalue weighted by Gasteiger charge is 2.65. The third-order valence-corrected chi connectivity index (χ3v) is 11.1. The molecule has 0 spiro atoms. The van der Waals surface area contributed by atoms with Crippen molar-refractivity contribution < 1.29 is 28.7 Å². The first-order valence-electron chi connectivity index (χ1n) is 18.0. The van der Waals surface area contributed by atoms with Gasteiger partial charge in [0.15, 0.2) is 34.9 Å². The number of nitrogens with one attached hydrogen (secondary N) is 1. The second-order valence-corrected chi connectivity index (χ2v) is 13.9. The van der Waals surface area contributed by atoms with Crippen molar-refractivity contribution in [1.82, 2.24) is 28.7 Å². The summed E-state index contributed by atoms with van der Waals surface area (Å²) in [6, 6.07) is 17.3. The monoisotopic (exact) mass is 710 g/mol. The number of hydrogen-bond donors (Lipinski definition) is 1. The Kier molecular flexibility index (Phi) is 7.94. The maximum atomic E-state index is 15.3. The van der Waals surface area contributed by atoms with Crippen LogP contribution in [0.5, 0.6) is 0 Å². The van der Waals surface area contributed by atoms with Crippen molar-refractivity contribution in [3.05, 3.63) is 150 Å². The zero-order chi connectivity index (χ0) is 36.2. The van der Waals surface area contributed by atoms with Gasteiger partial charge >= 0.3 is 35.6 Å². The summed E-state index contributed by atoms with van der Waals surface area (Å²) in [6.45, 7) is 0.946. The molecule has 3 aromatic rings. The van der Waals surface area contributed by atoms with Crippen molar-refractivity contribution in [3.63, 3.8) is 0 Å². The quantitative estimate of drug-likeness (QED) is 0.269. The van der Waals surface area contributed by atoms with Crippen LogP contribution >= 0.6 is 0 Å². The predicted octanol–water partition coefficient (Wildman–Crippen LogP) is 6.38. The number of imidazole rings is 1. The highest BCUT2D eigenvalue weighted by Crippen LogP contribution is 2.54. The Morgan fingerprint density at radius 2 is 1.08 bits per heavy atom. The van der Waals surface area contributed by atoms with E-state index < -0.39 is 24.3 Å². The van der Waals surface area contributed by atoms with E-state index in [2.05, 4.69) is 4.98 Å². The fraction of sp³-hybridized carbons (Fsp3) is 0.244. The molecule has 266 valence electrons. The number of rotatable bonds is 8. The number of allylic oxidation sites excluding steroid dienone is 8. The summed E-state index contributed by atoms with van der Waals surface area (Å²) < 4.78 is 10.7. The smallest absolute Gasteiger partial charge is 0.410 e. The summed E-state index contributed by atoms with van der Waals surface area (Å²) >= 11 is 0. The van der Waals surface area contributed by atoms with Crippen LogP contribution in [0.1, 0.15) is 36.8 Å². The van der Waals surface area contributed by atoms with Crippen molar-refractivity contribution in [2.24, 2.45) is 0 Å². The minimum atomic E-state index is -0.798. The highest BCUT2D eigenvalue weighted by molar-refractivity contribution is 6.08. The molecule has 53 heavy (non-hydrogen) atoms. The first-order chi connectivity index (χ1) is 25.9. The molecule has 1 aromatic heterocycles. The molecule has 12 heteroatoms. The SMILES string of the molecule is O=C(OCc1ccccc1)N1CCC[C@H]1C(=O)[N+]1(c2nc[nH]c2[N+]2(C(=O)[C@@H]3CCCN3C(=O)OCc3ccccc3)C3=CC=C2C=C3)C2=CC=C1C=C2. The fourth-order valence-electron chi connectivity index (χ4n) is 8.63. The molecule has 4 amide bonds. The van der Waals surface area contributed by atoms with Crippen LogP contribution in [0.25, 0.3) is 0 Å². The maximum absolute atomic E-state index is 15.3. The van der Waals surface area contributed by atoms with Crippen molar-refractivity contribution in [2.75, 3.05) is 13.1 Å². The average molecular weight is 711 g/mol. The van der Waals surface area contributed by atoms with Gasteiger partial charge in [0.05, 0.1) is 0 Å². The Labute approximate surface area is 306 Å². The van der Waals surface area contributed by atoms with Crippen LogP contribution in [-0.4, -0.2) is 68.9 Å². The molecule has 2 aromatic carbocycles. The van der Waals surface area contributed by atoms with Crippen molar-refractivity contribution in [2.45, 2.75) is 51.0 Å². The number of carbonyl (C=O) groups excluding carboxylic acids is 4. The van der Waals surface area contributed by atoms with E-state index in [-0.39, 0.29) is 34.0 Å². The lowest BCUT2D eigenvalue weighted by atomic mass is 10.1. The molecule has 0 radical (unpaired) electrons. The molecule has 2 fully saturated rings. The van der Waals surface area contributed by atoms with Gasteiger partial charge in [-0.1, -0.05) is 60.7 Å². The zero-order valence-electron chi connectivity index (χ0n) is 29.0. The standard InChI is InChI=1S/C41H38N6O6/c48-38(34-13-7-23-44(34)40(50)52-25-28-9-3-1-4-10-28)46(30-15-16-31(46)18-17-30)36-37(43-27-42-36)47(32-19-20-33(47)22-21-32)39(49)35-14-8-24-45(35)41(51)53-26-29-11-5-2-6-12-29/h1-6,9-12,15-22,27,34-35H,7-8,13-14,23-26H2,(H,42,43)/q+2/t34-,35-/m0/s1. The Hall–Kier alpha value is -6.11. The normalized spacial score (nSPS) is 22.5. The summed E-state index contributed by atoms with van der Waals surface area (Å²) in [6.07, 6.45) is 17.8. The van der Waals surface area contributed by atoms with E-state index >= 15 is 9.59 Å². The number of fused-ring (bicyclic) bond motifs is 4. The Morgan fingerprint density at radius 3 is 1.53 bits per heavy atom. The van der Waals surface area contributed by atoms with Gasteiger partial charge in [-0.25, -0.2) is 19.2 Å². The summed E-state index contributed by atoms with van der Waals surface area (Å²) in [5.41, 5.74) is 4.41. The van der Waals surface area contributed by atoms with Gasteiger partial charge in [-0.05, 0) is 36.8 Å². The second kappa shape index (κ2) is 12.8. The van der Waals surface area contributed by atoms with E-state index in [0.717, 1.165) is 11.1 Å². The Morgan fingerprint density at radius 1 is 0.642 bits per heavy atom. The molecule has 1 N–H and O–H groups in total. The number of H-pyrrole nitrogens is 1. The fourth-order valence-corrected chi connectivity index (χ4v) is 8.63. The molecular formula is C41H38N6O6+2. The van der Waals surface area contributed by atoms with Gasteiger partial charge in [0.25, 0.3) is 0 Å². The van der Waals surface area contributed by atoms with E-state index in [0.29, 0.717) is 73.2 Å². The predicted molar refractivity (Wildman–Crippen MR) is 196 cm³/mol. The van der Waals surface area contributed by atoms with E-state index in [1.807, 2.05) is 109 Å². The third-order valence-electron chi connectivity index (χ3n) is 11.1. The molecule has 4 bridgehead atoms. The zero-order valence-corrected chi connectivity index (χ0v) is 29.0. The van der Waals surface area contributed by atoms with Gasteiger partial charge in [0.1, 0.15) is 19.5 Å². The molecule has 7 heterocycles. The van der Waals surface area contributed by atoms with Crippen LogP contribution in [0.15, 0.2) is 138 Å². The lowest BCUT2D eigenvalue weighted by molar-refractivity contribution is -0.132. The molecule has 0 saturated carbocycles. The van der Waals surface area contributed by atoms with Gasteiger partial charge in [0, 0.05) is 61.7 Å². The number of aromatic amines is 1.